The molecule has 0 bridgehead atoms. The number of phosphoric ester groups is 1. The molecule has 1 aliphatic rings. The Morgan fingerprint density at radius 3 is 1.64 bits per heavy atom. The van der Waals surface area contributed by atoms with Gasteiger partial charge in [-0.15, -0.1) is 0 Å². The highest BCUT2D eigenvalue weighted by Crippen LogP contribution is 2.47. The quantitative estimate of drug-likeness (QED) is 0.0509. The summed E-state index contributed by atoms with van der Waals surface area (Å²) in [5.41, 5.74) is 0. The first-order valence-electron chi connectivity index (χ1n) is 16.6. The van der Waals surface area contributed by atoms with Crippen molar-refractivity contribution in [2.75, 3.05) is 6.61 Å². The molecule has 8 atom stereocenters. The van der Waals surface area contributed by atoms with Crippen LogP contribution in [0.25, 0.3) is 0 Å². The average Bonchev–Trinajstić information content (AvgIpc) is 2.98. The van der Waals surface area contributed by atoms with Gasteiger partial charge in [0.05, 0.1) is 31.3 Å². The van der Waals surface area contributed by atoms with Crippen molar-refractivity contribution in [2.24, 2.45) is 0 Å². The third kappa shape index (κ3) is 16.2. The number of unbranched alkanes of at least 4 members (excludes halogenated alkanes) is 12. The van der Waals surface area contributed by atoms with E-state index >= 15 is 0 Å². The molecule has 14 heteroatoms. The molecule has 1 fully saturated rings. The lowest BCUT2D eigenvalue weighted by molar-refractivity contribution is -0.220. The predicted octanol–water partition coefficient (Wildman–Crippen LogP) is 2.18. The average molecular weight is 658 g/mol. The standard InChI is InChI=1S/C30H60NO12P/c1-3-5-7-9-11-13-15-17-21(32)19-24(34)31-22(23(33)18-16-14-12-10-8-6-4-2)20-42-44(40,41)43-30-28(38)26(36)25(35)27(37)29(30)39/h21-23,25-30,32-33,35-39H,3-20H2,1-2H3,(H,31,34)(H,40,41). The largest absolute Gasteiger partial charge is 0.472 e. The molecule has 262 valence electrons. The van der Waals surface area contributed by atoms with Crippen LogP contribution in [0.1, 0.15) is 123 Å². The number of phosphoric acid groups is 1. The molecule has 0 aromatic rings. The fraction of sp³-hybridized carbons (Fsp3) is 0.967. The molecule has 9 N–H and O–H groups in total. The van der Waals surface area contributed by atoms with Gasteiger partial charge in [-0.05, 0) is 12.8 Å². The van der Waals surface area contributed by atoms with Gasteiger partial charge in [0.1, 0.15) is 36.6 Å². The highest BCUT2D eigenvalue weighted by Gasteiger charge is 2.51. The zero-order valence-electron chi connectivity index (χ0n) is 26.6. The van der Waals surface area contributed by atoms with Crippen molar-refractivity contribution < 1.29 is 59.0 Å². The molecule has 1 rings (SSSR count). The van der Waals surface area contributed by atoms with Gasteiger partial charge in [0, 0.05) is 0 Å². The summed E-state index contributed by atoms with van der Waals surface area (Å²) in [7, 11) is -5.09. The molecule has 0 aromatic carbocycles. The van der Waals surface area contributed by atoms with E-state index in [1.165, 1.54) is 19.3 Å². The van der Waals surface area contributed by atoms with E-state index in [0.717, 1.165) is 64.2 Å². The summed E-state index contributed by atoms with van der Waals surface area (Å²) in [6.07, 6.45) is 1.08. The first-order chi connectivity index (χ1) is 20.8. The van der Waals surface area contributed by atoms with Crippen LogP contribution in [0.15, 0.2) is 0 Å². The van der Waals surface area contributed by atoms with Crippen LogP contribution in [0, 0.1) is 0 Å². The smallest absolute Gasteiger partial charge is 0.393 e. The molecule has 1 aliphatic carbocycles. The topological polar surface area (TPSA) is 226 Å². The number of rotatable bonds is 25. The lowest BCUT2D eigenvalue weighted by Gasteiger charge is -2.41. The molecule has 1 amide bonds. The second kappa shape index (κ2) is 22.8. The highest BCUT2D eigenvalue weighted by molar-refractivity contribution is 7.47. The molecule has 13 nitrogen and oxygen atoms in total. The fourth-order valence-corrected chi connectivity index (χ4v) is 6.33. The summed E-state index contributed by atoms with van der Waals surface area (Å²) in [4.78, 5) is 23.0. The van der Waals surface area contributed by atoms with Gasteiger partial charge in [0.15, 0.2) is 0 Å². The lowest BCUT2D eigenvalue weighted by Crippen LogP contribution is -2.64. The van der Waals surface area contributed by atoms with Gasteiger partial charge in [-0.25, -0.2) is 4.57 Å². The van der Waals surface area contributed by atoms with Crippen LogP contribution in [-0.2, 0) is 18.4 Å². The predicted molar refractivity (Wildman–Crippen MR) is 164 cm³/mol. The Labute approximate surface area is 262 Å². The van der Waals surface area contributed by atoms with Crippen molar-refractivity contribution in [1.82, 2.24) is 5.32 Å². The molecule has 1 saturated carbocycles. The molecule has 0 saturated heterocycles. The van der Waals surface area contributed by atoms with Crippen LogP contribution in [0.2, 0.25) is 0 Å². The van der Waals surface area contributed by atoms with E-state index in [4.69, 9.17) is 9.05 Å². The second-order valence-corrected chi connectivity index (χ2v) is 13.6. The minimum absolute atomic E-state index is 0.220. The van der Waals surface area contributed by atoms with Crippen molar-refractivity contribution in [3.05, 3.63) is 0 Å². The van der Waals surface area contributed by atoms with E-state index in [1.807, 2.05) is 0 Å². The third-order valence-electron chi connectivity index (χ3n) is 8.22. The molecule has 0 heterocycles. The maximum Gasteiger partial charge on any atom is 0.472 e. The second-order valence-electron chi connectivity index (χ2n) is 12.2. The maximum atomic E-state index is 12.7. The molecule has 0 aliphatic heterocycles. The fourth-order valence-electron chi connectivity index (χ4n) is 5.36. The minimum Gasteiger partial charge on any atom is -0.393 e. The van der Waals surface area contributed by atoms with Gasteiger partial charge in [-0.1, -0.05) is 104 Å². The Morgan fingerprint density at radius 1 is 0.705 bits per heavy atom. The number of carbonyl (C=O) groups excluding carboxylic acids is 1. The Morgan fingerprint density at radius 2 is 1.14 bits per heavy atom. The molecular weight excluding hydrogens is 597 g/mol. The van der Waals surface area contributed by atoms with E-state index < -0.39 is 75.2 Å². The lowest BCUT2D eigenvalue weighted by atomic mass is 9.85. The van der Waals surface area contributed by atoms with Crippen LogP contribution in [0.5, 0.6) is 0 Å². The Kier molecular flexibility index (Phi) is 21.4. The number of aliphatic hydroxyl groups excluding tert-OH is 7. The van der Waals surface area contributed by atoms with E-state index in [1.54, 1.807) is 0 Å². The summed E-state index contributed by atoms with van der Waals surface area (Å²) in [6.45, 7) is 3.60. The highest BCUT2D eigenvalue weighted by atomic mass is 31.2. The Balaban J connectivity index is 2.72. The first kappa shape index (κ1) is 41.3. The molecular formula is C30H60NO12P. The van der Waals surface area contributed by atoms with E-state index in [9.17, 15) is 50.0 Å². The van der Waals surface area contributed by atoms with Crippen molar-refractivity contribution in [1.29, 1.82) is 0 Å². The SMILES string of the molecule is CCCCCCCCCC(O)CC(=O)NC(COP(=O)(O)OC1C(O)C(O)C(O)C(O)C1O)C(O)CCCCCCCCC. The monoisotopic (exact) mass is 657 g/mol. The summed E-state index contributed by atoms with van der Waals surface area (Å²) in [5.74, 6) is -0.570. The van der Waals surface area contributed by atoms with Gasteiger partial charge < -0.3 is 46.0 Å². The number of nitrogens with one attached hydrogen (secondary N) is 1. The van der Waals surface area contributed by atoms with Crippen molar-refractivity contribution >= 4 is 13.7 Å². The number of aliphatic hydroxyl groups is 7. The normalized spacial score (nSPS) is 27.4. The Bertz CT molecular complexity index is 792. The maximum absolute atomic E-state index is 12.7. The Hall–Kier alpha value is -0.700. The van der Waals surface area contributed by atoms with Crippen LogP contribution < -0.4 is 5.32 Å². The van der Waals surface area contributed by atoms with Crippen LogP contribution in [-0.4, -0.2) is 108 Å². The molecule has 0 spiro atoms. The molecule has 8 unspecified atom stereocenters. The van der Waals surface area contributed by atoms with Gasteiger partial charge in [-0.2, -0.15) is 0 Å². The van der Waals surface area contributed by atoms with Crippen molar-refractivity contribution in [2.45, 2.75) is 178 Å². The minimum atomic E-state index is -5.09. The molecule has 0 aromatic heterocycles. The zero-order chi connectivity index (χ0) is 33.1. The van der Waals surface area contributed by atoms with Crippen LogP contribution >= 0.6 is 7.82 Å². The first-order valence-corrected chi connectivity index (χ1v) is 18.1. The number of carbonyl (C=O) groups is 1. The van der Waals surface area contributed by atoms with Gasteiger partial charge >= 0.3 is 7.82 Å². The molecule has 44 heavy (non-hydrogen) atoms. The van der Waals surface area contributed by atoms with Crippen LogP contribution in [0.3, 0.4) is 0 Å². The van der Waals surface area contributed by atoms with Crippen LogP contribution in [0.4, 0.5) is 0 Å². The molecule has 0 radical (unpaired) electrons. The van der Waals surface area contributed by atoms with Crippen molar-refractivity contribution in [3.63, 3.8) is 0 Å². The van der Waals surface area contributed by atoms with Gasteiger partial charge in [0.2, 0.25) is 5.91 Å². The van der Waals surface area contributed by atoms with E-state index in [2.05, 4.69) is 19.2 Å². The summed E-state index contributed by atoms with van der Waals surface area (Å²) in [5, 5.41) is 73.5. The zero-order valence-corrected chi connectivity index (χ0v) is 27.5. The van der Waals surface area contributed by atoms with E-state index in [-0.39, 0.29) is 12.8 Å². The van der Waals surface area contributed by atoms with Gasteiger partial charge in [-0.3, -0.25) is 13.8 Å². The van der Waals surface area contributed by atoms with E-state index in [0.29, 0.717) is 12.8 Å². The summed E-state index contributed by atoms with van der Waals surface area (Å²) < 4.78 is 22.6. The third-order valence-corrected chi connectivity index (χ3v) is 9.21. The van der Waals surface area contributed by atoms with Crippen molar-refractivity contribution in [3.8, 4) is 0 Å². The number of hydrogen-bond donors (Lipinski definition) is 9. The summed E-state index contributed by atoms with van der Waals surface area (Å²) >= 11 is 0. The number of hydrogen-bond acceptors (Lipinski definition) is 11. The van der Waals surface area contributed by atoms with Gasteiger partial charge in [0.25, 0.3) is 0 Å². The number of amides is 1. The summed E-state index contributed by atoms with van der Waals surface area (Å²) in [6, 6.07) is -1.14.